The quantitative estimate of drug-likeness (QED) is 0.110. The molecule has 0 aliphatic heterocycles. The van der Waals surface area contributed by atoms with Crippen molar-refractivity contribution < 1.29 is 20.1 Å². The summed E-state index contributed by atoms with van der Waals surface area (Å²) >= 11 is 0. The van der Waals surface area contributed by atoms with E-state index in [9.17, 15) is 15.3 Å². The van der Waals surface area contributed by atoms with Crippen molar-refractivity contribution in [2.24, 2.45) is 0 Å². The number of ether oxygens (including phenoxy) is 1. The number of nitrogens with zero attached hydrogens (tertiary/aromatic N) is 2. The van der Waals surface area contributed by atoms with Gasteiger partial charge in [0.2, 0.25) is 0 Å². The van der Waals surface area contributed by atoms with Gasteiger partial charge < -0.3 is 30.0 Å². The van der Waals surface area contributed by atoms with E-state index < -0.39 is 45.5 Å². The first-order valence-corrected chi connectivity index (χ1v) is 27.7. The van der Waals surface area contributed by atoms with Crippen molar-refractivity contribution in [2.45, 2.75) is 123 Å². The Morgan fingerprint density at radius 3 is 1.50 bits per heavy atom. The van der Waals surface area contributed by atoms with Crippen molar-refractivity contribution in [3.8, 4) is 0 Å². The SMILES string of the molecule is C[Si](C)(C)NCCN(C(O)CCC(O)OC(CCCO)N(CCN[Si](C)(C)C)[Si](C)(C)C)[Si](C)(C)C. The molecule has 0 radical (unpaired) electrons. The molecule has 36 heavy (non-hydrogen) atoms. The van der Waals surface area contributed by atoms with Crippen LogP contribution in [0.4, 0.5) is 0 Å². The van der Waals surface area contributed by atoms with Gasteiger partial charge in [-0.25, -0.2) is 0 Å². The van der Waals surface area contributed by atoms with Crippen molar-refractivity contribution in [2.75, 3.05) is 32.8 Å². The molecule has 0 saturated heterocycles. The molecule has 0 aromatic carbocycles. The maximum absolute atomic E-state index is 11.1. The fraction of sp³-hybridized carbons (Fsp3) is 1.00. The first-order valence-electron chi connectivity index (χ1n) is 13.8. The molecule has 3 unspecified atom stereocenters. The number of aliphatic hydroxyl groups excluding tert-OH is 3. The zero-order chi connectivity index (χ0) is 28.4. The molecule has 218 valence electrons. The van der Waals surface area contributed by atoms with Crippen LogP contribution in [-0.2, 0) is 4.74 Å². The second-order valence-corrected chi connectivity index (χ2v) is 33.6. The van der Waals surface area contributed by atoms with Gasteiger partial charge in [-0.2, -0.15) is 0 Å². The maximum atomic E-state index is 11.1. The van der Waals surface area contributed by atoms with Crippen LogP contribution in [0.15, 0.2) is 0 Å². The van der Waals surface area contributed by atoms with E-state index in [1.54, 1.807) is 0 Å². The Morgan fingerprint density at radius 1 is 0.667 bits per heavy atom. The Bertz CT molecular complexity index is 593. The molecule has 8 nitrogen and oxygen atoms in total. The zero-order valence-corrected chi connectivity index (χ0v) is 29.7. The summed E-state index contributed by atoms with van der Waals surface area (Å²) in [5.41, 5.74) is 0. The number of hydrogen-bond acceptors (Lipinski definition) is 8. The van der Waals surface area contributed by atoms with Crippen molar-refractivity contribution in [1.82, 2.24) is 19.1 Å². The molecule has 12 heteroatoms. The highest BCUT2D eigenvalue weighted by molar-refractivity contribution is 6.74. The lowest BCUT2D eigenvalue weighted by atomic mass is 10.2. The van der Waals surface area contributed by atoms with Gasteiger partial charge in [-0.05, 0) is 19.3 Å². The Labute approximate surface area is 227 Å². The van der Waals surface area contributed by atoms with Crippen LogP contribution < -0.4 is 9.96 Å². The minimum Gasteiger partial charge on any atom is -0.396 e. The minimum atomic E-state index is -1.75. The average Bonchev–Trinajstić information content (AvgIpc) is 2.66. The molecule has 0 rings (SSSR count). The Morgan fingerprint density at radius 2 is 1.11 bits per heavy atom. The summed E-state index contributed by atoms with van der Waals surface area (Å²) in [4.78, 5) is 7.35. The van der Waals surface area contributed by atoms with Crippen LogP contribution in [0, 0.1) is 0 Å². The highest BCUT2D eigenvalue weighted by Crippen LogP contribution is 2.22. The van der Waals surface area contributed by atoms with Gasteiger partial charge >= 0.3 is 0 Å². The second kappa shape index (κ2) is 16.0. The number of aliphatic hydroxyl groups is 3. The van der Waals surface area contributed by atoms with E-state index in [1.807, 2.05) is 0 Å². The van der Waals surface area contributed by atoms with Gasteiger partial charge in [0.1, 0.15) is 45.4 Å². The summed E-state index contributed by atoms with van der Waals surface area (Å²) in [5.74, 6) is 0. The van der Waals surface area contributed by atoms with Crippen molar-refractivity contribution >= 4 is 32.9 Å². The Balaban J connectivity index is 5.22. The minimum absolute atomic E-state index is 0.109. The molecule has 0 aromatic rings. The summed E-state index contributed by atoms with van der Waals surface area (Å²) in [5, 5.41) is 31.4. The van der Waals surface area contributed by atoms with Gasteiger partial charge in [-0.1, -0.05) is 78.6 Å². The van der Waals surface area contributed by atoms with E-state index in [-0.39, 0.29) is 12.8 Å². The average molecular weight is 583 g/mol. The van der Waals surface area contributed by atoms with Gasteiger partial charge in [0.05, 0.1) is 0 Å². The topological polar surface area (TPSA) is 100 Å². The van der Waals surface area contributed by atoms with E-state index in [4.69, 9.17) is 4.74 Å². The van der Waals surface area contributed by atoms with E-state index in [0.29, 0.717) is 25.7 Å². The van der Waals surface area contributed by atoms with Gasteiger partial charge in [-0.3, -0.25) is 9.13 Å². The van der Waals surface area contributed by atoms with E-state index in [0.717, 1.165) is 26.2 Å². The lowest BCUT2D eigenvalue weighted by Gasteiger charge is -2.42. The molecule has 0 fully saturated rings. The van der Waals surface area contributed by atoms with Gasteiger partial charge in [0.15, 0.2) is 6.29 Å². The monoisotopic (exact) mass is 582 g/mol. The van der Waals surface area contributed by atoms with Crippen LogP contribution in [0.25, 0.3) is 0 Å². The molecule has 0 heterocycles. The molecule has 0 aliphatic carbocycles. The van der Waals surface area contributed by atoms with E-state index in [2.05, 4.69) is 97.7 Å². The Kier molecular flexibility index (Phi) is 16.2. The third-order valence-corrected chi connectivity index (χ3v) is 13.1. The van der Waals surface area contributed by atoms with E-state index >= 15 is 0 Å². The molecule has 0 spiro atoms. The first kappa shape index (κ1) is 36.5. The highest BCUT2D eigenvalue weighted by Gasteiger charge is 2.33. The highest BCUT2D eigenvalue weighted by atomic mass is 28.3. The summed E-state index contributed by atoms with van der Waals surface area (Å²) < 4.78 is 10.9. The summed E-state index contributed by atoms with van der Waals surface area (Å²) in [7, 11) is -6.21. The van der Waals surface area contributed by atoms with Crippen molar-refractivity contribution in [3.05, 3.63) is 0 Å². The molecule has 0 saturated carbocycles. The molecule has 0 aliphatic rings. The Hall–Kier alpha value is 0.548. The molecule has 0 amide bonds. The summed E-state index contributed by atoms with van der Waals surface area (Å²) in [6, 6.07) is 0. The smallest absolute Gasteiger partial charge is 0.156 e. The van der Waals surface area contributed by atoms with Crippen LogP contribution in [0.3, 0.4) is 0 Å². The lowest BCUT2D eigenvalue weighted by Crippen LogP contribution is -2.57. The van der Waals surface area contributed by atoms with Crippen LogP contribution in [0.5, 0.6) is 0 Å². The molecule has 3 atom stereocenters. The van der Waals surface area contributed by atoms with Gasteiger partial charge in [0.25, 0.3) is 0 Å². The maximum Gasteiger partial charge on any atom is 0.156 e. The molecule has 0 aromatic heterocycles. The van der Waals surface area contributed by atoms with Crippen molar-refractivity contribution in [3.63, 3.8) is 0 Å². The molecule has 0 bridgehead atoms. The second-order valence-electron chi connectivity index (χ2n) is 14.1. The molecular weight excluding hydrogens is 521 g/mol. The van der Waals surface area contributed by atoms with Crippen molar-refractivity contribution in [1.29, 1.82) is 0 Å². The fourth-order valence-electron chi connectivity index (χ4n) is 4.21. The lowest BCUT2D eigenvalue weighted by molar-refractivity contribution is -0.177. The zero-order valence-electron chi connectivity index (χ0n) is 25.7. The van der Waals surface area contributed by atoms with Crippen LogP contribution >= 0.6 is 0 Å². The fourth-order valence-corrected chi connectivity index (χ4v) is 9.57. The normalized spacial score (nSPS) is 16.6. The summed E-state index contributed by atoms with van der Waals surface area (Å²) in [6.45, 7) is 30.9. The number of rotatable bonds is 20. The van der Waals surface area contributed by atoms with Gasteiger partial charge in [-0.15, -0.1) is 0 Å². The van der Waals surface area contributed by atoms with Crippen LogP contribution in [-0.4, -0.2) is 109 Å². The standard InChI is InChI=1S/C24H62N4O4Si4/c1-33(2,3)25-17-19-27(35(7,8)9)22(30)15-16-24(31)32-23(14-13-21-29)28(36(10,11)12)20-18-26-34(4,5)6/h22-26,29-31H,13-21H2,1-12H3. The molecular formula is C24H62N4O4Si4. The first-order chi connectivity index (χ1) is 16.2. The predicted molar refractivity (Wildman–Crippen MR) is 165 cm³/mol. The molecule has 5 N–H and O–H groups in total. The third-order valence-electron chi connectivity index (χ3n) is 6.04. The van der Waals surface area contributed by atoms with Crippen LogP contribution in [0.1, 0.15) is 25.7 Å². The summed E-state index contributed by atoms with van der Waals surface area (Å²) in [6.07, 6.45) is 0.376. The number of nitrogens with one attached hydrogen (secondary N) is 2. The third kappa shape index (κ3) is 17.2. The van der Waals surface area contributed by atoms with E-state index in [1.165, 1.54) is 0 Å². The van der Waals surface area contributed by atoms with Gasteiger partial charge in [0, 0.05) is 39.2 Å². The number of hydrogen-bond donors (Lipinski definition) is 5. The van der Waals surface area contributed by atoms with Crippen LogP contribution in [0.2, 0.25) is 78.6 Å². The largest absolute Gasteiger partial charge is 0.396 e. The predicted octanol–water partition coefficient (Wildman–Crippen LogP) is 3.64.